The number of likely N-dealkylation sites (tertiary alicyclic amines) is 1. The molecular formula is C20H23NO3. The molecule has 0 spiro atoms. The van der Waals surface area contributed by atoms with Gasteiger partial charge in [-0.1, -0.05) is 12.1 Å². The number of rotatable bonds is 4. The van der Waals surface area contributed by atoms with Crippen LogP contribution in [0.1, 0.15) is 36.5 Å². The van der Waals surface area contributed by atoms with Crippen molar-refractivity contribution in [3.63, 3.8) is 0 Å². The van der Waals surface area contributed by atoms with Crippen molar-refractivity contribution in [2.45, 2.75) is 32.2 Å². The average Bonchev–Trinajstić information content (AvgIpc) is 2.62. The molecule has 3 rings (SSSR count). The Morgan fingerprint density at radius 2 is 1.75 bits per heavy atom. The lowest BCUT2D eigenvalue weighted by Gasteiger charge is -2.33. The molecule has 1 unspecified atom stereocenters. The first-order valence-corrected chi connectivity index (χ1v) is 8.40. The molecule has 0 radical (unpaired) electrons. The Balaban J connectivity index is 1.77. The van der Waals surface area contributed by atoms with Crippen LogP contribution in [0.2, 0.25) is 0 Å². The van der Waals surface area contributed by atoms with Gasteiger partial charge in [0.15, 0.2) is 0 Å². The highest BCUT2D eigenvalue weighted by molar-refractivity contribution is 5.94. The number of methoxy groups -OCH3 is 1. The van der Waals surface area contributed by atoms with Crippen LogP contribution in [0.5, 0.6) is 17.2 Å². The average molecular weight is 325 g/mol. The molecule has 0 aromatic heterocycles. The number of hydrogen-bond acceptors (Lipinski definition) is 3. The lowest BCUT2D eigenvalue weighted by Crippen LogP contribution is -2.42. The summed E-state index contributed by atoms with van der Waals surface area (Å²) in [4.78, 5) is 14.7. The van der Waals surface area contributed by atoms with Crippen LogP contribution in [0.3, 0.4) is 0 Å². The largest absolute Gasteiger partial charge is 0.497 e. The Hall–Kier alpha value is -2.49. The molecule has 126 valence electrons. The van der Waals surface area contributed by atoms with E-state index in [9.17, 15) is 4.79 Å². The predicted molar refractivity (Wildman–Crippen MR) is 93.9 cm³/mol. The molecule has 2 aromatic carbocycles. The highest BCUT2D eigenvalue weighted by Crippen LogP contribution is 2.27. The molecule has 0 saturated carbocycles. The summed E-state index contributed by atoms with van der Waals surface area (Å²) in [5.74, 6) is 2.16. The summed E-state index contributed by atoms with van der Waals surface area (Å²) in [6.45, 7) is 2.95. The summed E-state index contributed by atoms with van der Waals surface area (Å²) in [6.07, 6.45) is 3.35. The number of benzene rings is 2. The van der Waals surface area contributed by atoms with E-state index in [2.05, 4.69) is 6.92 Å². The number of carbonyl (C=O) groups excluding carboxylic acids is 1. The predicted octanol–water partition coefficient (Wildman–Crippen LogP) is 4.50. The van der Waals surface area contributed by atoms with Crippen molar-refractivity contribution in [2.24, 2.45) is 0 Å². The molecule has 0 bridgehead atoms. The fourth-order valence-electron chi connectivity index (χ4n) is 3.06. The van der Waals surface area contributed by atoms with Gasteiger partial charge in [0.2, 0.25) is 0 Å². The molecule has 2 aromatic rings. The third-order valence-corrected chi connectivity index (χ3v) is 4.42. The molecule has 1 fully saturated rings. The zero-order chi connectivity index (χ0) is 16.9. The molecule has 1 saturated heterocycles. The van der Waals surface area contributed by atoms with Crippen molar-refractivity contribution in [2.75, 3.05) is 13.7 Å². The molecule has 0 N–H and O–H groups in total. The summed E-state index contributed by atoms with van der Waals surface area (Å²) >= 11 is 0. The Morgan fingerprint density at radius 1 is 1.04 bits per heavy atom. The van der Waals surface area contributed by atoms with Crippen LogP contribution < -0.4 is 9.47 Å². The van der Waals surface area contributed by atoms with Crippen molar-refractivity contribution in [3.05, 3.63) is 54.1 Å². The Bertz CT molecular complexity index is 714. The molecule has 1 amide bonds. The second-order valence-electron chi connectivity index (χ2n) is 6.15. The first kappa shape index (κ1) is 16.4. The molecule has 0 aliphatic carbocycles. The van der Waals surface area contributed by atoms with Crippen molar-refractivity contribution in [3.8, 4) is 17.2 Å². The Kier molecular flexibility index (Phi) is 5.04. The second kappa shape index (κ2) is 7.39. The molecule has 1 aliphatic rings. The van der Waals surface area contributed by atoms with Gasteiger partial charge in [-0.15, -0.1) is 0 Å². The van der Waals surface area contributed by atoms with Crippen molar-refractivity contribution >= 4 is 5.91 Å². The van der Waals surface area contributed by atoms with Crippen LogP contribution in [-0.4, -0.2) is 30.5 Å². The molecule has 24 heavy (non-hydrogen) atoms. The molecule has 1 aliphatic heterocycles. The van der Waals surface area contributed by atoms with Crippen molar-refractivity contribution < 1.29 is 14.3 Å². The van der Waals surface area contributed by atoms with Crippen molar-refractivity contribution in [1.82, 2.24) is 4.90 Å². The number of hydrogen-bond donors (Lipinski definition) is 0. The van der Waals surface area contributed by atoms with Crippen LogP contribution in [0.25, 0.3) is 0 Å². The normalized spacial score (nSPS) is 17.4. The maximum Gasteiger partial charge on any atom is 0.254 e. The molecule has 4 nitrogen and oxygen atoms in total. The van der Waals surface area contributed by atoms with Gasteiger partial charge in [0, 0.05) is 24.2 Å². The third kappa shape index (κ3) is 3.70. The Morgan fingerprint density at radius 3 is 2.50 bits per heavy atom. The fourth-order valence-corrected chi connectivity index (χ4v) is 3.06. The quantitative estimate of drug-likeness (QED) is 0.830. The first-order valence-electron chi connectivity index (χ1n) is 8.40. The smallest absolute Gasteiger partial charge is 0.254 e. The second-order valence-corrected chi connectivity index (χ2v) is 6.15. The van der Waals surface area contributed by atoms with Crippen LogP contribution in [0, 0.1) is 0 Å². The van der Waals surface area contributed by atoms with Gasteiger partial charge in [-0.3, -0.25) is 4.79 Å². The van der Waals surface area contributed by atoms with E-state index in [0.717, 1.165) is 25.1 Å². The van der Waals surface area contributed by atoms with Gasteiger partial charge in [-0.25, -0.2) is 0 Å². The number of piperidine rings is 1. The lowest BCUT2D eigenvalue weighted by molar-refractivity contribution is 0.0635. The summed E-state index contributed by atoms with van der Waals surface area (Å²) in [6, 6.07) is 15.1. The van der Waals surface area contributed by atoms with E-state index in [1.807, 2.05) is 53.4 Å². The standard InChI is InChI=1S/C20H23NO3/c1-15-7-3-4-12-21(15)20(22)16-8-5-10-18(13-16)24-19-11-6-9-17(14-19)23-2/h5-6,8-11,13-15H,3-4,7,12H2,1-2H3. The summed E-state index contributed by atoms with van der Waals surface area (Å²) in [5, 5.41) is 0. The summed E-state index contributed by atoms with van der Waals surface area (Å²) < 4.78 is 11.1. The molecular weight excluding hydrogens is 302 g/mol. The van der Waals surface area contributed by atoms with Gasteiger partial charge < -0.3 is 14.4 Å². The number of ether oxygens (including phenoxy) is 2. The van der Waals surface area contributed by atoms with E-state index in [-0.39, 0.29) is 5.91 Å². The topological polar surface area (TPSA) is 38.8 Å². The molecule has 1 atom stereocenters. The molecule has 1 heterocycles. The fraction of sp³-hybridized carbons (Fsp3) is 0.350. The third-order valence-electron chi connectivity index (χ3n) is 4.42. The lowest BCUT2D eigenvalue weighted by atomic mass is 10.0. The highest BCUT2D eigenvalue weighted by Gasteiger charge is 2.24. The minimum atomic E-state index is 0.0818. The number of carbonyl (C=O) groups is 1. The zero-order valence-corrected chi connectivity index (χ0v) is 14.2. The highest BCUT2D eigenvalue weighted by atomic mass is 16.5. The summed E-state index contributed by atoms with van der Waals surface area (Å²) in [5.41, 5.74) is 0.671. The van der Waals surface area contributed by atoms with E-state index >= 15 is 0 Å². The van der Waals surface area contributed by atoms with Crippen LogP contribution >= 0.6 is 0 Å². The first-order chi connectivity index (χ1) is 11.7. The molecule has 4 heteroatoms. The van der Waals surface area contributed by atoms with Gasteiger partial charge in [0.05, 0.1) is 7.11 Å². The van der Waals surface area contributed by atoms with Gasteiger partial charge in [-0.05, 0) is 56.5 Å². The van der Waals surface area contributed by atoms with E-state index in [1.54, 1.807) is 7.11 Å². The van der Waals surface area contributed by atoms with Gasteiger partial charge >= 0.3 is 0 Å². The van der Waals surface area contributed by atoms with Gasteiger partial charge in [0.25, 0.3) is 5.91 Å². The van der Waals surface area contributed by atoms with Gasteiger partial charge in [0.1, 0.15) is 17.2 Å². The van der Waals surface area contributed by atoms with Crippen LogP contribution in [-0.2, 0) is 0 Å². The van der Waals surface area contributed by atoms with Crippen molar-refractivity contribution in [1.29, 1.82) is 0 Å². The number of amides is 1. The van der Waals surface area contributed by atoms with Gasteiger partial charge in [-0.2, -0.15) is 0 Å². The van der Waals surface area contributed by atoms with E-state index < -0.39 is 0 Å². The SMILES string of the molecule is COc1cccc(Oc2cccc(C(=O)N3CCCCC3C)c2)c1. The Labute approximate surface area is 143 Å². The summed E-state index contributed by atoms with van der Waals surface area (Å²) in [7, 11) is 1.62. The van der Waals surface area contributed by atoms with E-state index in [0.29, 0.717) is 23.1 Å². The number of nitrogens with zero attached hydrogens (tertiary/aromatic N) is 1. The van der Waals surface area contributed by atoms with Crippen LogP contribution in [0.4, 0.5) is 0 Å². The minimum Gasteiger partial charge on any atom is -0.497 e. The van der Waals surface area contributed by atoms with Crippen LogP contribution in [0.15, 0.2) is 48.5 Å². The van der Waals surface area contributed by atoms with E-state index in [1.165, 1.54) is 6.42 Å². The minimum absolute atomic E-state index is 0.0818. The maximum absolute atomic E-state index is 12.8. The van der Waals surface area contributed by atoms with E-state index in [4.69, 9.17) is 9.47 Å². The zero-order valence-electron chi connectivity index (χ0n) is 14.2. The maximum atomic E-state index is 12.8. The monoisotopic (exact) mass is 325 g/mol.